The zero-order valence-electron chi connectivity index (χ0n) is 9.71. The van der Waals surface area contributed by atoms with Crippen LogP contribution in [0.5, 0.6) is 0 Å². The average Bonchev–Trinajstić information content (AvgIpc) is 2.77. The van der Waals surface area contributed by atoms with Crippen LogP contribution in [0.2, 0.25) is 0 Å². The van der Waals surface area contributed by atoms with Crippen molar-refractivity contribution in [2.75, 3.05) is 6.26 Å². The number of sulfone groups is 1. The summed E-state index contributed by atoms with van der Waals surface area (Å²) in [7, 11) is -3.17. The number of aromatic nitrogens is 2. The third-order valence-electron chi connectivity index (χ3n) is 2.47. The summed E-state index contributed by atoms with van der Waals surface area (Å²) >= 11 is 0. The Kier molecular flexibility index (Phi) is 3.17. The van der Waals surface area contributed by atoms with Gasteiger partial charge in [0.15, 0.2) is 9.84 Å². The van der Waals surface area contributed by atoms with Gasteiger partial charge in [0.25, 0.3) is 0 Å². The Morgan fingerprint density at radius 2 is 2.00 bits per heavy atom. The first-order chi connectivity index (χ1) is 8.50. The van der Waals surface area contributed by atoms with E-state index in [0.29, 0.717) is 5.82 Å². The number of hydrogen-bond acceptors (Lipinski definition) is 4. The summed E-state index contributed by atoms with van der Waals surface area (Å²) in [6.07, 6.45) is 3.02. The molecule has 0 spiro atoms. The molecule has 0 saturated carbocycles. The van der Waals surface area contributed by atoms with Crippen molar-refractivity contribution < 1.29 is 8.42 Å². The number of benzene rings is 1. The lowest BCUT2D eigenvalue weighted by molar-refractivity contribution is 0.602. The minimum Gasteiger partial charge on any atom is -0.341 e. The van der Waals surface area contributed by atoms with Gasteiger partial charge in [0.2, 0.25) is 0 Å². The predicted molar refractivity (Wildman–Crippen MR) is 66.5 cm³/mol. The molecule has 0 saturated heterocycles. The van der Waals surface area contributed by atoms with Gasteiger partial charge < -0.3 is 4.98 Å². The van der Waals surface area contributed by atoms with E-state index < -0.39 is 9.84 Å². The first kappa shape index (κ1) is 12.3. The van der Waals surface area contributed by atoms with Crippen molar-refractivity contribution in [1.29, 1.82) is 5.26 Å². The van der Waals surface area contributed by atoms with Crippen LogP contribution in [0.3, 0.4) is 0 Å². The zero-order valence-corrected chi connectivity index (χ0v) is 10.5. The number of aromatic amines is 1. The Balaban J connectivity index is 2.32. The summed E-state index contributed by atoms with van der Waals surface area (Å²) in [5, 5.41) is 8.55. The summed E-state index contributed by atoms with van der Waals surface area (Å²) in [5.74, 6) is 0.597. The van der Waals surface area contributed by atoms with Gasteiger partial charge >= 0.3 is 0 Å². The van der Waals surface area contributed by atoms with Crippen LogP contribution in [0.15, 0.2) is 35.4 Å². The molecular formula is C12H11N3O2S. The summed E-state index contributed by atoms with van der Waals surface area (Å²) in [4.78, 5) is 7.34. The molecule has 1 N–H and O–H groups in total. The minimum absolute atomic E-state index is 0.224. The number of imidazole rings is 1. The second-order valence-corrected chi connectivity index (χ2v) is 5.89. The number of nitrogens with zero attached hydrogens (tertiary/aromatic N) is 2. The third-order valence-corrected chi connectivity index (χ3v) is 3.60. The van der Waals surface area contributed by atoms with E-state index in [2.05, 4.69) is 9.97 Å². The van der Waals surface area contributed by atoms with E-state index in [4.69, 9.17) is 5.26 Å². The number of H-pyrrole nitrogens is 1. The van der Waals surface area contributed by atoms with Crippen LogP contribution in [0.25, 0.3) is 11.3 Å². The Morgan fingerprint density at radius 3 is 2.56 bits per heavy atom. The predicted octanol–water partition coefficient (Wildman–Crippen LogP) is 1.55. The maximum atomic E-state index is 11.3. The molecule has 18 heavy (non-hydrogen) atoms. The van der Waals surface area contributed by atoms with Gasteiger partial charge in [-0.15, -0.1) is 0 Å². The highest BCUT2D eigenvalue weighted by Gasteiger charge is 2.08. The lowest BCUT2D eigenvalue weighted by Gasteiger charge is -2.00. The van der Waals surface area contributed by atoms with Crippen molar-refractivity contribution in [3.8, 4) is 17.3 Å². The van der Waals surface area contributed by atoms with E-state index in [1.54, 1.807) is 30.5 Å². The highest BCUT2D eigenvalue weighted by Crippen LogP contribution is 2.19. The maximum absolute atomic E-state index is 11.3. The van der Waals surface area contributed by atoms with Crippen molar-refractivity contribution in [3.05, 3.63) is 36.3 Å². The highest BCUT2D eigenvalue weighted by atomic mass is 32.2. The molecule has 2 rings (SSSR count). The number of nitriles is 1. The maximum Gasteiger partial charge on any atom is 0.175 e. The molecule has 0 fully saturated rings. The van der Waals surface area contributed by atoms with E-state index >= 15 is 0 Å². The first-order valence-corrected chi connectivity index (χ1v) is 7.11. The zero-order chi connectivity index (χ0) is 13.2. The topological polar surface area (TPSA) is 86.6 Å². The summed E-state index contributed by atoms with van der Waals surface area (Å²) in [5.41, 5.74) is 1.60. The van der Waals surface area contributed by atoms with E-state index in [1.807, 2.05) is 6.07 Å². The molecule has 0 aliphatic carbocycles. The van der Waals surface area contributed by atoms with Gasteiger partial charge in [0, 0.05) is 6.26 Å². The lowest BCUT2D eigenvalue weighted by atomic mass is 10.2. The molecule has 0 aliphatic heterocycles. The van der Waals surface area contributed by atoms with Crippen LogP contribution in [0, 0.1) is 11.3 Å². The van der Waals surface area contributed by atoms with Gasteiger partial charge in [0.1, 0.15) is 5.82 Å². The number of hydrogen-bond donors (Lipinski definition) is 1. The monoisotopic (exact) mass is 261 g/mol. The van der Waals surface area contributed by atoms with Crippen molar-refractivity contribution in [3.63, 3.8) is 0 Å². The fourth-order valence-electron chi connectivity index (χ4n) is 1.56. The van der Waals surface area contributed by atoms with Crippen LogP contribution in [-0.2, 0) is 16.3 Å². The molecule has 0 aliphatic rings. The lowest BCUT2D eigenvalue weighted by Crippen LogP contribution is -1.96. The second-order valence-electron chi connectivity index (χ2n) is 3.88. The quantitative estimate of drug-likeness (QED) is 0.908. The summed E-state index contributed by atoms with van der Waals surface area (Å²) < 4.78 is 22.6. The van der Waals surface area contributed by atoms with Crippen LogP contribution in [-0.4, -0.2) is 24.6 Å². The molecule has 0 amide bonds. The van der Waals surface area contributed by atoms with E-state index in [0.717, 1.165) is 11.3 Å². The van der Waals surface area contributed by atoms with Gasteiger partial charge in [-0.1, -0.05) is 12.1 Å². The van der Waals surface area contributed by atoms with E-state index in [-0.39, 0.29) is 11.3 Å². The minimum atomic E-state index is -3.17. The first-order valence-electron chi connectivity index (χ1n) is 5.22. The number of nitrogens with one attached hydrogen (secondary N) is 1. The van der Waals surface area contributed by atoms with Gasteiger partial charge in [-0.2, -0.15) is 5.26 Å². The molecule has 1 heterocycles. The van der Waals surface area contributed by atoms with Gasteiger partial charge in [-0.05, 0) is 17.7 Å². The van der Waals surface area contributed by atoms with Crippen molar-refractivity contribution in [2.24, 2.45) is 0 Å². The SMILES string of the molecule is CS(=O)(=O)c1ccc(-c2cnc(CC#N)[nH]2)cc1. The normalized spacial score (nSPS) is 11.1. The van der Waals surface area contributed by atoms with Gasteiger partial charge in [-0.25, -0.2) is 13.4 Å². The largest absolute Gasteiger partial charge is 0.341 e. The Labute approximate surface area is 105 Å². The van der Waals surface area contributed by atoms with Crippen LogP contribution >= 0.6 is 0 Å². The van der Waals surface area contributed by atoms with Crippen LogP contribution in [0.1, 0.15) is 5.82 Å². The molecule has 6 heteroatoms. The molecule has 1 aromatic carbocycles. The van der Waals surface area contributed by atoms with Gasteiger partial charge in [0.05, 0.1) is 29.3 Å². The molecule has 0 atom stereocenters. The molecule has 0 bridgehead atoms. The summed E-state index contributed by atoms with van der Waals surface area (Å²) in [6, 6.07) is 8.52. The molecule has 2 aromatic rings. The van der Waals surface area contributed by atoms with E-state index in [9.17, 15) is 8.42 Å². The molecule has 0 unspecified atom stereocenters. The Bertz CT molecular complexity index is 694. The smallest absolute Gasteiger partial charge is 0.175 e. The standard InChI is InChI=1S/C12H11N3O2S/c1-18(16,17)10-4-2-9(3-5-10)11-8-14-12(15-11)6-7-13/h2-5,8H,6H2,1H3,(H,14,15). The molecule has 1 aromatic heterocycles. The van der Waals surface area contributed by atoms with Crippen LogP contribution < -0.4 is 0 Å². The van der Waals surface area contributed by atoms with Crippen molar-refractivity contribution in [1.82, 2.24) is 9.97 Å². The van der Waals surface area contributed by atoms with Gasteiger partial charge in [-0.3, -0.25) is 0 Å². The second kappa shape index (κ2) is 4.63. The van der Waals surface area contributed by atoms with E-state index in [1.165, 1.54) is 6.26 Å². The third kappa shape index (κ3) is 2.57. The van der Waals surface area contributed by atoms with Crippen molar-refractivity contribution >= 4 is 9.84 Å². The average molecular weight is 261 g/mol. The Hall–Kier alpha value is -2.13. The molecular weight excluding hydrogens is 250 g/mol. The number of rotatable bonds is 3. The molecule has 92 valence electrons. The molecule has 5 nitrogen and oxygen atoms in total. The highest BCUT2D eigenvalue weighted by molar-refractivity contribution is 7.90. The fourth-order valence-corrected chi connectivity index (χ4v) is 2.19. The Morgan fingerprint density at radius 1 is 1.33 bits per heavy atom. The van der Waals surface area contributed by atoms with Crippen LogP contribution in [0.4, 0.5) is 0 Å². The van der Waals surface area contributed by atoms with Crippen molar-refractivity contribution in [2.45, 2.75) is 11.3 Å². The summed E-state index contributed by atoms with van der Waals surface area (Å²) in [6.45, 7) is 0. The molecule has 0 radical (unpaired) electrons. The fraction of sp³-hybridized carbons (Fsp3) is 0.167.